The molecule has 0 fully saturated rings. The van der Waals surface area contributed by atoms with Gasteiger partial charge in [-0.15, -0.1) is 0 Å². The Balaban J connectivity index is 4.55. The van der Waals surface area contributed by atoms with Gasteiger partial charge in [-0.05, 0) is 11.6 Å². The second-order valence-electron chi connectivity index (χ2n) is 1.15. The number of sulfone groups is 1. The maximum atomic E-state index is 10.2. The second-order valence-corrected chi connectivity index (χ2v) is 3.67. The standard InChI is InChI=1S/C2H5ClN2O2S/c1-8(6,7)2(3)5-4/h4H2,1H3. The number of nitrogens with zero attached hydrogens (tertiary/aromatic N) is 1. The molecule has 8 heavy (non-hydrogen) atoms. The molecule has 6 heteroatoms. The molecule has 0 aromatic rings. The van der Waals surface area contributed by atoms with Crippen molar-refractivity contribution in [3.8, 4) is 0 Å². The monoisotopic (exact) mass is 156 g/mol. The predicted octanol–water partition coefficient (Wildman–Crippen LogP) is -0.500. The van der Waals surface area contributed by atoms with E-state index in [2.05, 4.69) is 10.9 Å². The minimum Gasteiger partial charge on any atom is -0.321 e. The van der Waals surface area contributed by atoms with E-state index in [0.717, 1.165) is 6.26 Å². The molecule has 0 aromatic heterocycles. The van der Waals surface area contributed by atoms with E-state index in [1.807, 2.05) is 0 Å². The number of nitrogens with two attached hydrogens (primary N) is 1. The molecular formula is C2H5ClN2O2S. The normalized spacial score (nSPS) is 14.0. The highest BCUT2D eigenvalue weighted by molar-refractivity contribution is 8.08. The molecule has 4 nitrogen and oxygen atoms in total. The number of hydrazone groups is 1. The summed E-state index contributed by atoms with van der Waals surface area (Å²) in [5, 5.41) is 2.75. The average Bonchev–Trinajstić information content (AvgIpc) is 1.62. The first-order valence-electron chi connectivity index (χ1n) is 1.62. The molecule has 48 valence electrons. The minimum atomic E-state index is -3.36. The molecule has 0 aliphatic rings. The molecule has 0 heterocycles. The first-order valence-corrected chi connectivity index (χ1v) is 3.89. The lowest BCUT2D eigenvalue weighted by atomic mass is 11.7. The highest BCUT2D eigenvalue weighted by Gasteiger charge is 2.07. The van der Waals surface area contributed by atoms with Crippen molar-refractivity contribution < 1.29 is 8.42 Å². The predicted molar refractivity (Wildman–Crippen MR) is 32.3 cm³/mol. The van der Waals surface area contributed by atoms with E-state index in [1.54, 1.807) is 0 Å². The van der Waals surface area contributed by atoms with Crippen molar-refractivity contribution in [3.05, 3.63) is 0 Å². The summed E-state index contributed by atoms with van der Waals surface area (Å²) < 4.78 is 19.9. The lowest BCUT2D eigenvalue weighted by molar-refractivity contribution is 0.613. The molecule has 0 aliphatic heterocycles. The van der Waals surface area contributed by atoms with Gasteiger partial charge in [0.25, 0.3) is 0 Å². The molecule has 0 spiro atoms. The van der Waals surface area contributed by atoms with Crippen LogP contribution >= 0.6 is 11.6 Å². The number of rotatable bonds is 0. The van der Waals surface area contributed by atoms with Crippen LogP contribution in [-0.4, -0.2) is 19.2 Å². The van der Waals surface area contributed by atoms with Crippen molar-refractivity contribution in [2.24, 2.45) is 10.9 Å². The Morgan fingerprint density at radius 3 is 2.12 bits per heavy atom. The van der Waals surface area contributed by atoms with Crippen molar-refractivity contribution in [2.75, 3.05) is 6.26 Å². The summed E-state index contributed by atoms with van der Waals surface area (Å²) in [7, 11) is -3.36. The fourth-order valence-electron chi connectivity index (χ4n) is 0.0957. The highest BCUT2D eigenvalue weighted by Crippen LogP contribution is 1.91. The smallest absolute Gasteiger partial charge is 0.240 e. The van der Waals surface area contributed by atoms with E-state index in [1.165, 1.54) is 0 Å². The zero-order chi connectivity index (χ0) is 6.78. The third-order valence-electron chi connectivity index (χ3n) is 0.407. The van der Waals surface area contributed by atoms with Crippen LogP contribution in [0.25, 0.3) is 0 Å². The molecular weight excluding hydrogens is 152 g/mol. The van der Waals surface area contributed by atoms with Crippen LogP contribution in [0.1, 0.15) is 0 Å². The van der Waals surface area contributed by atoms with Crippen molar-refractivity contribution in [3.63, 3.8) is 0 Å². The van der Waals surface area contributed by atoms with Crippen LogP contribution in [0.15, 0.2) is 5.10 Å². The van der Waals surface area contributed by atoms with E-state index in [9.17, 15) is 8.42 Å². The fraction of sp³-hybridized carbons (Fsp3) is 0.500. The van der Waals surface area contributed by atoms with Crippen LogP contribution in [0, 0.1) is 0 Å². The van der Waals surface area contributed by atoms with Gasteiger partial charge < -0.3 is 5.84 Å². The number of halogens is 1. The summed E-state index contributed by atoms with van der Waals surface area (Å²) in [6.07, 6.45) is 0.922. The summed E-state index contributed by atoms with van der Waals surface area (Å²) >= 11 is 4.98. The van der Waals surface area contributed by atoms with E-state index in [4.69, 9.17) is 11.6 Å². The third kappa shape index (κ3) is 2.13. The molecule has 0 saturated carbocycles. The molecule has 0 bridgehead atoms. The molecule has 0 atom stereocenters. The summed E-state index contributed by atoms with van der Waals surface area (Å²) in [5.41, 5.74) is 0. The summed E-state index contributed by atoms with van der Waals surface area (Å²) in [4.78, 5) is 0. The second kappa shape index (κ2) is 2.32. The summed E-state index contributed by atoms with van der Waals surface area (Å²) in [5.74, 6) is 4.54. The van der Waals surface area contributed by atoms with Crippen LogP contribution in [0.3, 0.4) is 0 Å². The molecule has 2 N–H and O–H groups in total. The van der Waals surface area contributed by atoms with E-state index in [0.29, 0.717) is 0 Å². The Labute approximate surface area is 52.2 Å². The summed E-state index contributed by atoms with van der Waals surface area (Å²) in [6, 6.07) is 0. The van der Waals surface area contributed by atoms with Crippen LogP contribution in [0.4, 0.5) is 0 Å². The van der Waals surface area contributed by atoms with Crippen LogP contribution in [0.5, 0.6) is 0 Å². The van der Waals surface area contributed by atoms with Gasteiger partial charge in [-0.3, -0.25) is 0 Å². The highest BCUT2D eigenvalue weighted by atomic mass is 35.5. The first kappa shape index (κ1) is 7.71. The fourth-order valence-corrected chi connectivity index (χ4v) is 0.287. The van der Waals surface area contributed by atoms with Crippen LogP contribution in [0.2, 0.25) is 0 Å². The number of hydrogen-bond acceptors (Lipinski definition) is 4. The largest absolute Gasteiger partial charge is 0.321 e. The van der Waals surface area contributed by atoms with Gasteiger partial charge in [-0.1, -0.05) is 0 Å². The summed E-state index contributed by atoms with van der Waals surface area (Å²) in [6.45, 7) is 0. The maximum absolute atomic E-state index is 10.2. The Kier molecular flexibility index (Phi) is 2.24. The Hall–Kier alpha value is -0.290. The number of hydrogen-bond donors (Lipinski definition) is 1. The van der Waals surface area contributed by atoms with Gasteiger partial charge in [0.1, 0.15) is 0 Å². The first-order chi connectivity index (χ1) is 3.48. The lowest BCUT2D eigenvalue weighted by Gasteiger charge is -1.86. The average molecular weight is 157 g/mol. The van der Waals surface area contributed by atoms with Crippen LogP contribution < -0.4 is 5.84 Å². The zero-order valence-electron chi connectivity index (χ0n) is 4.13. The minimum absolute atomic E-state index is 0.572. The Morgan fingerprint density at radius 1 is 1.75 bits per heavy atom. The Morgan fingerprint density at radius 2 is 2.12 bits per heavy atom. The maximum Gasteiger partial charge on any atom is 0.240 e. The van der Waals surface area contributed by atoms with Crippen molar-refractivity contribution in [2.45, 2.75) is 0 Å². The van der Waals surface area contributed by atoms with Gasteiger partial charge in [-0.2, -0.15) is 5.10 Å². The SMILES string of the molecule is CS(=O)(=O)C(Cl)=NN. The Bertz CT molecular complexity index is 194. The van der Waals surface area contributed by atoms with Gasteiger partial charge in [-0.25, -0.2) is 8.42 Å². The molecule has 0 saturated heterocycles. The van der Waals surface area contributed by atoms with Crippen molar-refractivity contribution >= 4 is 25.9 Å². The van der Waals surface area contributed by atoms with Gasteiger partial charge in [0.2, 0.25) is 14.3 Å². The van der Waals surface area contributed by atoms with Crippen molar-refractivity contribution in [1.29, 1.82) is 0 Å². The van der Waals surface area contributed by atoms with E-state index in [-0.39, 0.29) is 0 Å². The van der Waals surface area contributed by atoms with E-state index >= 15 is 0 Å². The molecule has 0 aliphatic carbocycles. The van der Waals surface area contributed by atoms with Crippen LogP contribution in [-0.2, 0) is 9.84 Å². The van der Waals surface area contributed by atoms with Crippen molar-refractivity contribution in [1.82, 2.24) is 0 Å². The topological polar surface area (TPSA) is 72.5 Å². The molecule has 0 unspecified atom stereocenters. The molecule has 0 radical (unpaired) electrons. The van der Waals surface area contributed by atoms with Gasteiger partial charge >= 0.3 is 0 Å². The van der Waals surface area contributed by atoms with Gasteiger partial charge in [0, 0.05) is 6.26 Å². The quantitative estimate of drug-likeness (QED) is 0.222. The van der Waals surface area contributed by atoms with Gasteiger partial charge in [0.15, 0.2) is 0 Å². The molecule has 0 rings (SSSR count). The van der Waals surface area contributed by atoms with Gasteiger partial charge in [0.05, 0.1) is 0 Å². The molecule has 0 aromatic carbocycles. The molecule has 0 amide bonds. The lowest BCUT2D eigenvalue weighted by Crippen LogP contribution is -2.07. The zero-order valence-corrected chi connectivity index (χ0v) is 5.70. The van der Waals surface area contributed by atoms with E-state index < -0.39 is 14.3 Å². The third-order valence-corrected chi connectivity index (χ3v) is 2.06.